The van der Waals surface area contributed by atoms with E-state index in [9.17, 15) is 24.0 Å². The van der Waals surface area contributed by atoms with Crippen LogP contribution in [0.25, 0.3) is 0 Å². The predicted octanol–water partition coefficient (Wildman–Crippen LogP) is 3.55. The second-order valence-corrected chi connectivity index (χ2v) is 13.1. The van der Waals surface area contributed by atoms with Crippen LogP contribution < -0.4 is 4.74 Å². The van der Waals surface area contributed by atoms with Crippen LogP contribution in [0.3, 0.4) is 0 Å². The Morgan fingerprint density at radius 2 is 1.53 bits per heavy atom. The zero-order valence-corrected chi connectivity index (χ0v) is 27.6. The monoisotopic (exact) mass is 654 g/mol. The van der Waals surface area contributed by atoms with E-state index in [0.29, 0.717) is 24.0 Å². The van der Waals surface area contributed by atoms with Crippen molar-refractivity contribution < 1.29 is 57.1 Å². The SMILES string of the molecule is C#C[C@]1(OC(C)=O)CCC2C3CCc4cc(OC5O[C@H](C(=O)OC)[C@@H](OC(C)=O)[C@H](OC(C)=O)[C@H]5OC(C)=O)ccc4C3CC[C@@]21C. The number of hydrogen-bond donors (Lipinski definition) is 0. The fourth-order valence-electron chi connectivity index (χ4n) is 8.62. The first-order valence-electron chi connectivity index (χ1n) is 16.0. The first-order chi connectivity index (χ1) is 22.2. The second-order valence-electron chi connectivity index (χ2n) is 13.1. The molecule has 3 aliphatic carbocycles. The Labute approximate surface area is 274 Å². The van der Waals surface area contributed by atoms with E-state index >= 15 is 0 Å². The Morgan fingerprint density at radius 1 is 0.872 bits per heavy atom. The Balaban J connectivity index is 1.42. The van der Waals surface area contributed by atoms with Crippen LogP contribution in [-0.4, -0.2) is 73.3 Å². The van der Waals surface area contributed by atoms with Gasteiger partial charge in [-0.2, -0.15) is 0 Å². The largest absolute Gasteiger partial charge is 0.467 e. The zero-order valence-electron chi connectivity index (χ0n) is 27.6. The molecule has 12 heteroatoms. The lowest BCUT2D eigenvalue weighted by Gasteiger charge is -2.52. The number of carbonyl (C=O) groups is 5. The molecule has 3 fully saturated rings. The van der Waals surface area contributed by atoms with E-state index < -0.39 is 60.2 Å². The van der Waals surface area contributed by atoms with Crippen LogP contribution >= 0.6 is 0 Å². The quantitative estimate of drug-likeness (QED) is 0.240. The van der Waals surface area contributed by atoms with Gasteiger partial charge in [-0.25, -0.2) is 4.79 Å². The number of benzene rings is 1. The standard InChI is InChI=1S/C35H42O12/c1-8-35(47-21(5)39)16-14-27-26-11-9-22-17-23(10-12-24(22)25(26)13-15-34(27,35)6)45-33-31(44-20(4)38)29(43-19(3)37)28(42-18(2)36)30(46-33)32(40)41-7/h1,10,12,17,25-31,33H,9,11,13-16H2,2-7H3/t25?,26?,27?,28-,29-,30-,31+,33?,34-,35-/m0/s1. The number of esters is 5. The summed E-state index contributed by atoms with van der Waals surface area (Å²) in [5.74, 6) is 0.676. The molecule has 0 N–H and O–H groups in total. The summed E-state index contributed by atoms with van der Waals surface area (Å²) in [6.45, 7) is 6.99. The number of hydrogen-bond acceptors (Lipinski definition) is 12. The van der Waals surface area contributed by atoms with Crippen LogP contribution in [0, 0.1) is 29.6 Å². The number of rotatable bonds is 7. The number of aryl methyl sites for hydroxylation is 1. The topological polar surface area (TPSA) is 150 Å². The molecule has 4 unspecified atom stereocenters. The Morgan fingerprint density at radius 3 is 2.15 bits per heavy atom. The summed E-state index contributed by atoms with van der Waals surface area (Å²) in [7, 11) is 1.13. The number of terminal acetylenes is 1. The van der Waals surface area contributed by atoms with Crippen LogP contribution in [0.4, 0.5) is 0 Å². The average Bonchev–Trinajstić information content (AvgIpc) is 3.30. The molecule has 1 saturated heterocycles. The molecule has 1 heterocycles. The molecular weight excluding hydrogens is 612 g/mol. The summed E-state index contributed by atoms with van der Waals surface area (Å²) >= 11 is 0. The summed E-state index contributed by atoms with van der Waals surface area (Å²) in [5, 5.41) is 0. The number of carbonyl (C=O) groups excluding carboxylic acids is 5. The van der Waals surface area contributed by atoms with Gasteiger partial charge in [0.2, 0.25) is 12.4 Å². The first kappa shape index (κ1) is 34.2. The Kier molecular flexibility index (Phi) is 9.60. The van der Waals surface area contributed by atoms with E-state index in [1.165, 1.54) is 12.5 Å². The maximum Gasteiger partial charge on any atom is 0.339 e. The summed E-state index contributed by atoms with van der Waals surface area (Å²) in [6, 6.07) is 5.71. The molecule has 0 spiro atoms. The number of ether oxygens (including phenoxy) is 7. The van der Waals surface area contributed by atoms with Crippen molar-refractivity contribution in [2.75, 3.05) is 7.11 Å². The van der Waals surface area contributed by atoms with E-state index in [4.69, 9.17) is 39.6 Å². The van der Waals surface area contributed by atoms with Crippen molar-refractivity contribution >= 4 is 29.8 Å². The summed E-state index contributed by atoms with van der Waals surface area (Å²) in [4.78, 5) is 61.1. The van der Waals surface area contributed by atoms with Gasteiger partial charge in [-0.05, 0) is 79.5 Å². The van der Waals surface area contributed by atoms with Gasteiger partial charge >= 0.3 is 29.8 Å². The lowest BCUT2D eigenvalue weighted by Crippen LogP contribution is -2.64. The Bertz CT molecular complexity index is 1480. The molecular formula is C35H42O12. The summed E-state index contributed by atoms with van der Waals surface area (Å²) in [5.41, 5.74) is 1.10. The van der Waals surface area contributed by atoms with Gasteiger partial charge in [0.1, 0.15) is 5.75 Å². The van der Waals surface area contributed by atoms with E-state index in [1.807, 2.05) is 12.1 Å². The highest BCUT2D eigenvalue weighted by molar-refractivity contribution is 5.77. The van der Waals surface area contributed by atoms with E-state index in [-0.39, 0.29) is 17.3 Å². The van der Waals surface area contributed by atoms with Crippen molar-refractivity contribution in [2.45, 2.75) is 115 Å². The smallest absolute Gasteiger partial charge is 0.339 e. The summed E-state index contributed by atoms with van der Waals surface area (Å²) < 4.78 is 39.1. The molecule has 2 saturated carbocycles. The van der Waals surface area contributed by atoms with Crippen LogP contribution in [0.5, 0.6) is 5.75 Å². The van der Waals surface area contributed by atoms with Crippen LogP contribution in [0.15, 0.2) is 18.2 Å². The molecule has 254 valence electrons. The minimum atomic E-state index is -1.55. The van der Waals surface area contributed by atoms with Crippen molar-refractivity contribution in [1.82, 2.24) is 0 Å². The third-order valence-corrected chi connectivity index (χ3v) is 10.5. The van der Waals surface area contributed by atoms with Crippen molar-refractivity contribution in [1.29, 1.82) is 0 Å². The molecule has 0 radical (unpaired) electrons. The van der Waals surface area contributed by atoms with Crippen molar-refractivity contribution in [3.63, 3.8) is 0 Å². The molecule has 10 atom stereocenters. The molecule has 0 bridgehead atoms. The molecule has 47 heavy (non-hydrogen) atoms. The molecule has 12 nitrogen and oxygen atoms in total. The minimum absolute atomic E-state index is 0.290. The van der Waals surface area contributed by atoms with Crippen molar-refractivity contribution in [3.8, 4) is 18.1 Å². The average molecular weight is 655 g/mol. The normalized spacial score (nSPS) is 35.4. The van der Waals surface area contributed by atoms with Gasteiger partial charge in [-0.15, -0.1) is 6.42 Å². The van der Waals surface area contributed by atoms with Crippen LogP contribution in [0.1, 0.15) is 83.8 Å². The predicted molar refractivity (Wildman–Crippen MR) is 162 cm³/mol. The van der Waals surface area contributed by atoms with Crippen LogP contribution in [-0.2, 0) is 58.8 Å². The molecule has 0 aromatic heterocycles. The lowest BCUT2D eigenvalue weighted by atomic mass is 9.53. The van der Waals surface area contributed by atoms with Gasteiger partial charge in [-0.3, -0.25) is 19.2 Å². The highest BCUT2D eigenvalue weighted by atomic mass is 16.7. The van der Waals surface area contributed by atoms with Gasteiger partial charge in [0.15, 0.2) is 23.9 Å². The third-order valence-electron chi connectivity index (χ3n) is 10.5. The van der Waals surface area contributed by atoms with Gasteiger partial charge in [0.25, 0.3) is 0 Å². The molecule has 1 aromatic rings. The third kappa shape index (κ3) is 6.30. The molecule has 5 rings (SSSR count). The van der Waals surface area contributed by atoms with E-state index in [2.05, 4.69) is 12.8 Å². The van der Waals surface area contributed by atoms with Gasteiger partial charge < -0.3 is 33.2 Å². The highest BCUT2D eigenvalue weighted by Gasteiger charge is 2.63. The van der Waals surface area contributed by atoms with E-state index in [1.54, 1.807) is 6.07 Å². The second kappa shape index (κ2) is 13.2. The number of methoxy groups -OCH3 is 1. The summed E-state index contributed by atoms with van der Waals surface area (Å²) in [6.07, 6.45) is 3.68. The minimum Gasteiger partial charge on any atom is -0.467 e. The van der Waals surface area contributed by atoms with Crippen LogP contribution in [0.2, 0.25) is 0 Å². The Hall–Kier alpha value is -4.11. The lowest BCUT2D eigenvalue weighted by molar-refractivity contribution is -0.282. The molecule has 1 aromatic carbocycles. The fraction of sp³-hybridized carbons (Fsp3) is 0.629. The van der Waals surface area contributed by atoms with Gasteiger partial charge in [-0.1, -0.05) is 18.9 Å². The van der Waals surface area contributed by atoms with Gasteiger partial charge in [0.05, 0.1) is 7.11 Å². The number of fused-ring (bicyclic) bond motifs is 5. The maximum absolute atomic E-state index is 12.8. The van der Waals surface area contributed by atoms with E-state index in [0.717, 1.165) is 65.5 Å². The van der Waals surface area contributed by atoms with Gasteiger partial charge in [0, 0.05) is 33.1 Å². The molecule has 0 amide bonds. The first-order valence-corrected chi connectivity index (χ1v) is 16.0. The van der Waals surface area contributed by atoms with Crippen molar-refractivity contribution in [3.05, 3.63) is 29.3 Å². The molecule has 4 aliphatic rings. The maximum atomic E-state index is 12.8. The zero-order chi connectivity index (χ0) is 34.3. The molecule has 1 aliphatic heterocycles. The fourth-order valence-corrected chi connectivity index (χ4v) is 8.62. The highest BCUT2D eigenvalue weighted by Crippen LogP contribution is 2.65. The van der Waals surface area contributed by atoms with Crippen molar-refractivity contribution in [2.24, 2.45) is 17.3 Å².